The molecule has 2 aromatic heterocycles. The number of hydrogen-bond acceptors (Lipinski definition) is 7. The number of pyridine rings is 1. The summed E-state index contributed by atoms with van der Waals surface area (Å²) in [5, 5.41) is 15.1. The molecule has 2 aliphatic rings. The third-order valence-electron chi connectivity index (χ3n) is 5.99. The highest BCUT2D eigenvalue weighted by Gasteiger charge is 2.43. The van der Waals surface area contributed by atoms with E-state index in [2.05, 4.69) is 10.3 Å². The van der Waals surface area contributed by atoms with Crippen LogP contribution in [0.4, 0.5) is 11.4 Å². The molecule has 2 unspecified atom stereocenters. The minimum absolute atomic E-state index is 0.00231. The number of thiocarbonyl (C=S) groups is 1. The van der Waals surface area contributed by atoms with E-state index >= 15 is 0 Å². The fourth-order valence-electron chi connectivity index (χ4n) is 4.40. The van der Waals surface area contributed by atoms with Gasteiger partial charge in [-0.05, 0) is 48.6 Å². The Kier molecular flexibility index (Phi) is 5.07. The fourth-order valence-corrected chi connectivity index (χ4v) is 4.74. The van der Waals surface area contributed by atoms with Crippen LogP contribution in [-0.4, -0.2) is 21.8 Å². The van der Waals surface area contributed by atoms with Crippen LogP contribution >= 0.6 is 12.2 Å². The second kappa shape index (κ2) is 8.41. The topological polar surface area (TPSA) is 103 Å². The number of nitrogens with zero attached hydrogens (tertiary/aromatic N) is 3. The molecule has 174 valence electrons. The van der Waals surface area contributed by atoms with Crippen molar-refractivity contribution in [3.63, 3.8) is 0 Å². The highest BCUT2D eigenvalue weighted by molar-refractivity contribution is 7.80. The lowest BCUT2D eigenvalue weighted by atomic mass is 10.0. The number of hydrogen-bond donors (Lipinski definition) is 1. The highest BCUT2D eigenvalue weighted by Crippen LogP contribution is 2.45. The van der Waals surface area contributed by atoms with E-state index in [1.807, 2.05) is 53.4 Å². The maximum atomic E-state index is 11.2. The van der Waals surface area contributed by atoms with Crippen molar-refractivity contribution in [1.29, 1.82) is 0 Å². The first-order valence-corrected chi connectivity index (χ1v) is 11.2. The van der Waals surface area contributed by atoms with Crippen molar-refractivity contribution in [1.82, 2.24) is 10.3 Å². The van der Waals surface area contributed by atoms with Crippen molar-refractivity contribution in [3.8, 4) is 22.8 Å². The van der Waals surface area contributed by atoms with Crippen molar-refractivity contribution in [3.05, 3.63) is 101 Å². The first-order chi connectivity index (χ1) is 17.1. The summed E-state index contributed by atoms with van der Waals surface area (Å²) in [7, 11) is 0. The van der Waals surface area contributed by atoms with Gasteiger partial charge in [-0.3, -0.25) is 15.1 Å². The summed E-state index contributed by atoms with van der Waals surface area (Å²) < 4.78 is 17.3. The lowest BCUT2D eigenvalue weighted by Crippen LogP contribution is -2.29. The molecule has 0 spiro atoms. The Labute approximate surface area is 205 Å². The Morgan fingerprint density at radius 1 is 1.03 bits per heavy atom. The first kappa shape index (κ1) is 21.1. The zero-order valence-corrected chi connectivity index (χ0v) is 19.0. The standard InChI is InChI=1S/C25H18N4O5S/c30-29(31)17-5-3-4-15(12-17)19-9-10-21(34-19)24-23(18-6-1-2-11-26-18)27-25(35)28(24)16-7-8-20-22(13-16)33-14-32-20/h1-13,23-24H,14H2,(H,27,35). The van der Waals surface area contributed by atoms with Crippen LogP contribution in [0.3, 0.4) is 0 Å². The third kappa shape index (κ3) is 3.73. The van der Waals surface area contributed by atoms with Gasteiger partial charge in [0.25, 0.3) is 5.69 Å². The van der Waals surface area contributed by atoms with E-state index in [0.29, 0.717) is 33.7 Å². The van der Waals surface area contributed by atoms with Gasteiger partial charge in [-0.15, -0.1) is 0 Å². The predicted molar refractivity (Wildman–Crippen MR) is 131 cm³/mol. The van der Waals surface area contributed by atoms with Gasteiger partial charge >= 0.3 is 0 Å². The maximum Gasteiger partial charge on any atom is 0.270 e. The van der Waals surface area contributed by atoms with Crippen molar-refractivity contribution >= 4 is 28.7 Å². The summed E-state index contributed by atoms with van der Waals surface area (Å²) in [5.41, 5.74) is 2.22. The van der Waals surface area contributed by atoms with Crippen LogP contribution in [0, 0.1) is 10.1 Å². The molecule has 0 radical (unpaired) electrons. The molecule has 2 aromatic carbocycles. The number of nitro benzene ring substituents is 1. The summed E-state index contributed by atoms with van der Waals surface area (Å²) in [4.78, 5) is 17.3. The van der Waals surface area contributed by atoms with E-state index in [1.54, 1.807) is 18.3 Å². The van der Waals surface area contributed by atoms with E-state index < -0.39 is 4.92 Å². The minimum atomic E-state index is -0.425. The zero-order chi connectivity index (χ0) is 23.9. The minimum Gasteiger partial charge on any atom is -0.459 e. The fraction of sp³-hybridized carbons (Fsp3) is 0.120. The molecule has 0 amide bonds. The average Bonchev–Trinajstić information content (AvgIpc) is 3.62. The van der Waals surface area contributed by atoms with Crippen molar-refractivity contribution < 1.29 is 18.8 Å². The molecule has 2 atom stereocenters. The van der Waals surface area contributed by atoms with Gasteiger partial charge in [0, 0.05) is 35.6 Å². The number of ether oxygens (including phenoxy) is 2. The summed E-state index contributed by atoms with van der Waals surface area (Å²) in [5.74, 6) is 2.47. The Bertz CT molecular complexity index is 1440. The molecule has 4 heterocycles. The molecule has 35 heavy (non-hydrogen) atoms. The Balaban J connectivity index is 1.43. The van der Waals surface area contributed by atoms with Gasteiger partial charge in [0.2, 0.25) is 6.79 Å². The van der Waals surface area contributed by atoms with Gasteiger partial charge in [0.1, 0.15) is 17.6 Å². The summed E-state index contributed by atoms with van der Waals surface area (Å²) in [6.45, 7) is 0.173. The van der Waals surface area contributed by atoms with Gasteiger partial charge in [-0.1, -0.05) is 18.2 Å². The SMILES string of the molecule is O=[N+]([O-])c1cccc(-c2ccc(C3C(c4ccccn4)NC(=S)N3c3ccc4c(c3)OCO4)o2)c1. The molecular weight excluding hydrogens is 468 g/mol. The normalized spacial score (nSPS) is 18.5. The number of fused-ring (bicyclic) bond motifs is 1. The zero-order valence-electron chi connectivity index (χ0n) is 18.2. The van der Waals surface area contributed by atoms with Crippen LogP contribution in [0.5, 0.6) is 11.5 Å². The highest BCUT2D eigenvalue weighted by atomic mass is 32.1. The maximum absolute atomic E-state index is 11.2. The Hall–Kier alpha value is -4.44. The summed E-state index contributed by atoms with van der Waals surface area (Å²) in [6, 6.07) is 20.7. The molecule has 0 bridgehead atoms. The van der Waals surface area contributed by atoms with Crippen molar-refractivity contribution in [2.24, 2.45) is 0 Å². The van der Waals surface area contributed by atoms with E-state index in [-0.39, 0.29) is 24.6 Å². The lowest BCUT2D eigenvalue weighted by molar-refractivity contribution is -0.384. The lowest BCUT2D eigenvalue weighted by Gasteiger charge is -2.26. The summed E-state index contributed by atoms with van der Waals surface area (Å²) in [6.07, 6.45) is 1.73. The van der Waals surface area contributed by atoms with Crippen LogP contribution in [0.2, 0.25) is 0 Å². The molecule has 1 N–H and O–H groups in total. The van der Waals surface area contributed by atoms with Crippen LogP contribution < -0.4 is 19.7 Å². The van der Waals surface area contributed by atoms with Crippen LogP contribution in [0.1, 0.15) is 23.5 Å². The quantitative estimate of drug-likeness (QED) is 0.233. The average molecular weight is 487 g/mol. The number of benzene rings is 2. The number of nitrogens with one attached hydrogen (secondary N) is 1. The van der Waals surface area contributed by atoms with Gasteiger partial charge < -0.3 is 24.1 Å². The number of rotatable bonds is 5. The Morgan fingerprint density at radius 3 is 2.74 bits per heavy atom. The molecule has 0 saturated carbocycles. The van der Waals surface area contributed by atoms with Gasteiger partial charge in [-0.25, -0.2) is 0 Å². The molecule has 1 saturated heterocycles. The van der Waals surface area contributed by atoms with Crippen molar-refractivity contribution in [2.45, 2.75) is 12.1 Å². The second-order valence-electron chi connectivity index (χ2n) is 8.04. The molecule has 2 aliphatic heterocycles. The number of anilines is 1. The van der Waals surface area contributed by atoms with Gasteiger partial charge in [0.05, 0.1) is 16.7 Å². The molecule has 10 heteroatoms. The van der Waals surface area contributed by atoms with E-state index in [0.717, 1.165) is 11.4 Å². The van der Waals surface area contributed by atoms with E-state index in [4.69, 9.17) is 26.1 Å². The third-order valence-corrected chi connectivity index (χ3v) is 6.31. The number of nitro groups is 1. The Morgan fingerprint density at radius 2 is 1.91 bits per heavy atom. The number of furan rings is 1. The van der Waals surface area contributed by atoms with E-state index in [1.165, 1.54) is 12.1 Å². The van der Waals surface area contributed by atoms with Crippen LogP contribution in [-0.2, 0) is 0 Å². The molecule has 1 fully saturated rings. The number of aromatic nitrogens is 1. The van der Waals surface area contributed by atoms with Crippen LogP contribution in [0.25, 0.3) is 11.3 Å². The van der Waals surface area contributed by atoms with Crippen molar-refractivity contribution in [2.75, 3.05) is 11.7 Å². The second-order valence-corrected chi connectivity index (χ2v) is 8.43. The molecule has 6 rings (SSSR count). The summed E-state index contributed by atoms with van der Waals surface area (Å²) >= 11 is 5.75. The molecule has 9 nitrogen and oxygen atoms in total. The van der Waals surface area contributed by atoms with Gasteiger partial charge in [-0.2, -0.15) is 0 Å². The van der Waals surface area contributed by atoms with Gasteiger partial charge in [0.15, 0.2) is 16.6 Å². The predicted octanol–water partition coefficient (Wildman–Crippen LogP) is 5.16. The monoisotopic (exact) mass is 486 g/mol. The largest absolute Gasteiger partial charge is 0.459 e. The first-order valence-electron chi connectivity index (χ1n) is 10.8. The number of non-ortho nitro benzene ring substituents is 1. The van der Waals surface area contributed by atoms with Crippen LogP contribution in [0.15, 0.2) is 83.4 Å². The van der Waals surface area contributed by atoms with E-state index in [9.17, 15) is 10.1 Å². The molecule has 0 aliphatic carbocycles. The molecular formula is C25H18N4O5S. The molecule has 4 aromatic rings. The smallest absolute Gasteiger partial charge is 0.270 e.